The van der Waals surface area contributed by atoms with Gasteiger partial charge in [0.2, 0.25) is 0 Å². The van der Waals surface area contributed by atoms with E-state index in [-0.39, 0.29) is 0 Å². The molecule has 0 fully saturated rings. The van der Waals surface area contributed by atoms with Crippen LogP contribution in [0.1, 0.15) is 23.1 Å². The van der Waals surface area contributed by atoms with E-state index in [0.29, 0.717) is 10.2 Å². The Morgan fingerprint density at radius 3 is 2.85 bits per heavy atom. The summed E-state index contributed by atoms with van der Waals surface area (Å²) in [6.07, 6.45) is 0.803. The fourth-order valence-corrected chi connectivity index (χ4v) is 1.30. The number of nitrogens with zero attached hydrogens (tertiary/aromatic N) is 1. The minimum absolute atomic E-state index is 0.335. The molecule has 0 aliphatic carbocycles. The van der Waals surface area contributed by atoms with Crippen molar-refractivity contribution in [1.29, 1.82) is 0 Å². The molecule has 1 rings (SSSR count). The van der Waals surface area contributed by atoms with Crippen LogP contribution in [0.25, 0.3) is 0 Å². The lowest BCUT2D eigenvalue weighted by molar-refractivity contribution is 0.0592. The van der Waals surface area contributed by atoms with E-state index in [4.69, 9.17) is 0 Å². The van der Waals surface area contributed by atoms with Crippen LogP contribution in [0, 0.1) is 0 Å². The second-order valence-corrected chi connectivity index (χ2v) is 3.33. The molecule has 0 saturated heterocycles. The number of hydrogen-bond donors (Lipinski definition) is 0. The number of aromatic nitrogens is 1. The molecular formula is C9H10BrNO2. The highest BCUT2D eigenvalue weighted by Crippen LogP contribution is 2.16. The van der Waals surface area contributed by atoms with Crippen LogP contribution in [0.5, 0.6) is 0 Å². The minimum atomic E-state index is -0.415. The molecule has 0 aliphatic rings. The number of methoxy groups -OCH3 is 1. The molecule has 0 amide bonds. The van der Waals surface area contributed by atoms with Crippen LogP contribution in [0.3, 0.4) is 0 Å². The first-order valence-electron chi connectivity index (χ1n) is 3.92. The van der Waals surface area contributed by atoms with Gasteiger partial charge in [0.15, 0.2) is 5.69 Å². The van der Waals surface area contributed by atoms with Crippen LogP contribution < -0.4 is 0 Å². The molecule has 70 valence electrons. The Hall–Kier alpha value is -0.900. The van der Waals surface area contributed by atoms with Gasteiger partial charge in [0.25, 0.3) is 0 Å². The third-order valence-electron chi connectivity index (χ3n) is 1.64. The fraction of sp³-hybridized carbons (Fsp3) is 0.333. The molecule has 0 unspecified atom stereocenters. The van der Waals surface area contributed by atoms with Crippen molar-refractivity contribution in [3.05, 3.63) is 28.0 Å². The maximum absolute atomic E-state index is 11.2. The van der Waals surface area contributed by atoms with Crippen molar-refractivity contribution < 1.29 is 9.53 Å². The first-order valence-corrected chi connectivity index (χ1v) is 4.72. The summed E-state index contributed by atoms with van der Waals surface area (Å²) in [6, 6.07) is 3.68. The molecule has 1 heterocycles. The van der Waals surface area contributed by atoms with Crippen LogP contribution in [-0.2, 0) is 11.2 Å². The average molecular weight is 244 g/mol. The number of carbonyl (C=O) groups is 1. The van der Waals surface area contributed by atoms with Gasteiger partial charge in [-0.05, 0) is 34.5 Å². The van der Waals surface area contributed by atoms with Crippen molar-refractivity contribution in [2.75, 3.05) is 7.11 Å². The monoisotopic (exact) mass is 243 g/mol. The number of halogens is 1. The summed E-state index contributed by atoms with van der Waals surface area (Å²) in [6.45, 7) is 1.98. The Morgan fingerprint density at radius 2 is 2.31 bits per heavy atom. The normalized spacial score (nSPS) is 9.77. The molecule has 0 saturated carbocycles. The Labute approximate surface area is 85.3 Å². The van der Waals surface area contributed by atoms with Crippen LogP contribution in [-0.4, -0.2) is 18.1 Å². The van der Waals surface area contributed by atoms with E-state index in [1.54, 1.807) is 6.07 Å². The molecule has 4 heteroatoms. The predicted octanol–water partition coefficient (Wildman–Crippen LogP) is 2.19. The Morgan fingerprint density at radius 1 is 1.62 bits per heavy atom. The summed E-state index contributed by atoms with van der Waals surface area (Å²) < 4.78 is 5.25. The Balaban J connectivity index is 3.11. The van der Waals surface area contributed by atoms with Crippen molar-refractivity contribution in [3.63, 3.8) is 0 Å². The number of esters is 1. The van der Waals surface area contributed by atoms with E-state index in [0.717, 1.165) is 12.1 Å². The third kappa shape index (κ3) is 2.28. The van der Waals surface area contributed by atoms with Crippen molar-refractivity contribution >= 4 is 21.9 Å². The van der Waals surface area contributed by atoms with Gasteiger partial charge in [0.1, 0.15) is 0 Å². The summed E-state index contributed by atoms with van der Waals surface area (Å²) in [5, 5.41) is 0. The molecule has 0 bridgehead atoms. The van der Waals surface area contributed by atoms with Crippen LogP contribution in [0.4, 0.5) is 0 Å². The lowest BCUT2D eigenvalue weighted by atomic mass is 10.2. The van der Waals surface area contributed by atoms with Gasteiger partial charge in [-0.15, -0.1) is 0 Å². The van der Waals surface area contributed by atoms with E-state index < -0.39 is 5.97 Å². The number of rotatable bonds is 2. The van der Waals surface area contributed by atoms with E-state index in [1.807, 2.05) is 13.0 Å². The quantitative estimate of drug-likeness (QED) is 0.748. The minimum Gasteiger partial charge on any atom is -0.464 e. The second kappa shape index (κ2) is 4.37. The summed E-state index contributed by atoms with van der Waals surface area (Å²) in [7, 11) is 1.34. The maximum Gasteiger partial charge on any atom is 0.357 e. The second-order valence-electron chi connectivity index (χ2n) is 2.48. The highest BCUT2D eigenvalue weighted by atomic mass is 79.9. The van der Waals surface area contributed by atoms with Gasteiger partial charge in [-0.1, -0.05) is 6.92 Å². The zero-order chi connectivity index (χ0) is 9.84. The van der Waals surface area contributed by atoms with E-state index in [9.17, 15) is 4.79 Å². The zero-order valence-corrected chi connectivity index (χ0v) is 9.09. The highest BCUT2D eigenvalue weighted by Gasteiger charge is 2.11. The van der Waals surface area contributed by atoms with Crippen LogP contribution >= 0.6 is 15.9 Å². The first-order chi connectivity index (χ1) is 6.19. The number of carbonyl (C=O) groups excluding carboxylic acids is 1. The van der Waals surface area contributed by atoms with Gasteiger partial charge in [-0.25, -0.2) is 9.78 Å². The smallest absolute Gasteiger partial charge is 0.357 e. The summed E-state index contributed by atoms with van der Waals surface area (Å²) >= 11 is 3.24. The molecule has 0 radical (unpaired) electrons. The van der Waals surface area contributed by atoms with Crippen molar-refractivity contribution in [1.82, 2.24) is 4.98 Å². The van der Waals surface area contributed by atoms with Gasteiger partial charge in [-0.2, -0.15) is 0 Å². The van der Waals surface area contributed by atoms with E-state index in [1.165, 1.54) is 7.11 Å². The van der Waals surface area contributed by atoms with Crippen LogP contribution in [0.15, 0.2) is 16.6 Å². The number of aryl methyl sites for hydroxylation is 1. The maximum atomic E-state index is 11.2. The molecule has 1 aromatic rings. The molecule has 13 heavy (non-hydrogen) atoms. The van der Waals surface area contributed by atoms with Gasteiger partial charge in [0, 0.05) is 5.69 Å². The topological polar surface area (TPSA) is 39.2 Å². The zero-order valence-electron chi connectivity index (χ0n) is 7.50. The molecule has 0 N–H and O–H groups in total. The lowest BCUT2D eigenvalue weighted by Crippen LogP contribution is -2.06. The van der Waals surface area contributed by atoms with Crippen molar-refractivity contribution in [2.45, 2.75) is 13.3 Å². The molecular weight excluding hydrogens is 234 g/mol. The molecule has 0 aliphatic heterocycles. The van der Waals surface area contributed by atoms with Gasteiger partial charge in [-0.3, -0.25) is 0 Å². The van der Waals surface area contributed by atoms with Crippen LogP contribution in [0.2, 0.25) is 0 Å². The van der Waals surface area contributed by atoms with Gasteiger partial charge in [0.05, 0.1) is 11.6 Å². The average Bonchev–Trinajstić information content (AvgIpc) is 2.17. The molecule has 0 aromatic carbocycles. The summed E-state index contributed by atoms with van der Waals surface area (Å²) in [5.41, 5.74) is 1.21. The summed E-state index contributed by atoms with van der Waals surface area (Å²) in [5.74, 6) is -0.415. The van der Waals surface area contributed by atoms with Gasteiger partial charge >= 0.3 is 5.97 Å². The van der Waals surface area contributed by atoms with E-state index in [2.05, 4.69) is 25.7 Å². The largest absolute Gasteiger partial charge is 0.464 e. The molecule has 1 aromatic heterocycles. The van der Waals surface area contributed by atoms with Gasteiger partial charge < -0.3 is 4.74 Å². The van der Waals surface area contributed by atoms with Crippen molar-refractivity contribution in [2.24, 2.45) is 0 Å². The SMILES string of the molecule is CCc1ccc(Br)c(C(=O)OC)n1. The number of hydrogen-bond acceptors (Lipinski definition) is 3. The number of ether oxygens (including phenoxy) is 1. The first kappa shape index (κ1) is 10.2. The third-order valence-corrected chi connectivity index (χ3v) is 2.28. The molecule has 0 atom stereocenters. The van der Waals surface area contributed by atoms with Crippen molar-refractivity contribution in [3.8, 4) is 0 Å². The standard InChI is InChI=1S/C9H10BrNO2/c1-3-6-4-5-7(10)8(11-6)9(12)13-2/h4-5H,3H2,1-2H3. The lowest BCUT2D eigenvalue weighted by Gasteiger charge is -2.03. The van der Waals surface area contributed by atoms with E-state index >= 15 is 0 Å². The summed E-state index contributed by atoms with van der Waals surface area (Å²) in [4.78, 5) is 15.3. The Kier molecular flexibility index (Phi) is 3.42. The molecule has 0 spiro atoms. The highest BCUT2D eigenvalue weighted by molar-refractivity contribution is 9.10. The fourth-order valence-electron chi connectivity index (χ4n) is 0.919. The number of pyridine rings is 1. The molecule has 3 nitrogen and oxygen atoms in total. The predicted molar refractivity (Wildman–Crippen MR) is 52.7 cm³/mol. The Bertz CT molecular complexity index is 325.